The van der Waals surface area contributed by atoms with Gasteiger partial charge in [0.15, 0.2) is 0 Å². The maximum Gasteiger partial charge on any atom is 0.239 e. The van der Waals surface area contributed by atoms with Crippen LogP contribution in [-0.4, -0.2) is 67.1 Å². The summed E-state index contributed by atoms with van der Waals surface area (Å²) >= 11 is 0. The van der Waals surface area contributed by atoms with E-state index in [0.717, 1.165) is 18.9 Å². The van der Waals surface area contributed by atoms with Gasteiger partial charge in [0.05, 0.1) is 6.04 Å². The first-order valence-electron chi connectivity index (χ1n) is 6.78. The van der Waals surface area contributed by atoms with Gasteiger partial charge in [-0.15, -0.1) is 0 Å². The molecule has 0 aromatic carbocycles. The molecule has 0 radical (unpaired) electrons. The SMILES string of the molecule is C[C@@H](N)C(=O)N1CCN(c2ccnc(N(C)C)n2)CC1. The Labute approximate surface area is 119 Å². The first-order valence-corrected chi connectivity index (χ1v) is 6.78. The fourth-order valence-corrected chi connectivity index (χ4v) is 2.17. The smallest absolute Gasteiger partial charge is 0.239 e. The standard InChI is InChI=1S/C13H22N6O/c1-10(14)12(20)19-8-6-18(7-9-19)11-4-5-15-13(16-11)17(2)3/h4-5,10H,6-9,14H2,1-3H3/t10-/m1/s1. The second-order valence-corrected chi connectivity index (χ2v) is 5.21. The molecule has 0 unspecified atom stereocenters. The lowest BCUT2D eigenvalue weighted by Gasteiger charge is -2.36. The van der Waals surface area contributed by atoms with E-state index < -0.39 is 6.04 Å². The third-order valence-corrected chi connectivity index (χ3v) is 3.33. The van der Waals surface area contributed by atoms with E-state index in [1.54, 1.807) is 13.1 Å². The van der Waals surface area contributed by atoms with Crippen molar-refractivity contribution >= 4 is 17.7 Å². The van der Waals surface area contributed by atoms with Crippen LogP contribution in [0, 0.1) is 0 Å². The monoisotopic (exact) mass is 278 g/mol. The van der Waals surface area contributed by atoms with Crippen LogP contribution in [0.15, 0.2) is 12.3 Å². The molecule has 0 saturated carbocycles. The molecule has 0 aliphatic carbocycles. The molecule has 1 aromatic rings. The predicted octanol–water partition coefficient (Wildman–Crippen LogP) is -0.462. The first kappa shape index (κ1) is 14.5. The molecule has 2 N–H and O–H groups in total. The molecule has 1 saturated heterocycles. The topological polar surface area (TPSA) is 78.6 Å². The predicted molar refractivity (Wildman–Crippen MR) is 78.8 cm³/mol. The minimum atomic E-state index is -0.430. The van der Waals surface area contributed by atoms with Crippen molar-refractivity contribution in [3.63, 3.8) is 0 Å². The Balaban J connectivity index is 2.00. The van der Waals surface area contributed by atoms with Crippen LogP contribution in [0.4, 0.5) is 11.8 Å². The highest BCUT2D eigenvalue weighted by molar-refractivity contribution is 5.81. The Morgan fingerprint density at radius 2 is 2.00 bits per heavy atom. The van der Waals surface area contributed by atoms with Crippen molar-refractivity contribution < 1.29 is 4.79 Å². The Hall–Kier alpha value is -1.89. The van der Waals surface area contributed by atoms with Crippen LogP contribution in [0.1, 0.15) is 6.92 Å². The lowest BCUT2D eigenvalue weighted by atomic mass is 10.2. The lowest BCUT2D eigenvalue weighted by Crippen LogP contribution is -2.52. The van der Waals surface area contributed by atoms with Gasteiger partial charge in [0.2, 0.25) is 11.9 Å². The summed E-state index contributed by atoms with van der Waals surface area (Å²) in [6.07, 6.45) is 1.76. The van der Waals surface area contributed by atoms with E-state index in [0.29, 0.717) is 19.0 Å². The molecule has 1 aliphatic heterocycles. The van der Waals surface area contributed by atoms with E-state index in [-0.39, 0.29) is 5.91 Å². The Kier molecular flexibility index (Phi) is 4.39. The van der Waals surface area contributed by atoms with Crippen LogP contribution in [0.2, 0.25) is 0 Å². The van der Waals surface area contributed by atoms with E-state index in [2.05, 4.69) is 14.9 Å². The third kappa shape index (κ3) is 3.16. The van der Waals surface area contributed by atoms with Gasteiger partial charge in [-0.2, -0.15) is 4.98 Å². The number of carbonyl (C=O) groups excluding carboxylic acids is 1. The number of nitrogens with two attached hydrogens (primary N) is 1. The van der Waals surface area contributed by atoms with Crippen molar-refractivity contribution in [3.05, 3.63) is 12.3 Å². The van der Waals surface area contributed by atoms with Gasteiger partial charge in [0.1, 0.15) is 5.82 Å². The summed E-state index contributed by atoms with van der Waals surface area (Å²) in [6.45, 7) is 4.62. The summed E-state index contributed by atoms with van der Waals surface area (Å²) in [6, 6.07) is 1.47. The number of rotatable bonds is 3. The van der Waals surface area contributed by atoms with Crippen molar-refractivity contribution in [1.29, 1.82) is 0 Å². The number of nitrogens with zero attached hydrogens (tertiary/aromatic N) is 5. The average Bonchev–Trinajstić information content (AvgIpc) is 2.46. The number of piperazine rings is 1. The molecule has 1 atom stereocenters. The van der Waals surface area contributed by atoms with E-state index in [4.69, 9.17) is 5.73 Å². The number of hydrogen-bond donors (Lipinski definition) is 1. The van der Waals surface area contributed by atoms with Crippen LogP contribution < -0.4 is 15.5 Å². The molecule has 1 amide bonds. The van der Waals surface area contributed by atoms with Gasteiger partial charge in [-0.25, -0.2) is 4.98 Å². The third-order valence-electron chi connectivity index (χ3n) is 3.33. The summed E-state index contributed by atoms with van der Waals surface area (Å²) < 4.78 is 0. The maximum atomic E-state index is 11.8. The van der Waals surface area contributed by atoms with Crippen LogP contribution in [0.25, 0.3) is 0 Å². The number of hydrogen-bond acceptors (Lipinski definition) is 6. The number of aromatic nitrogens is 2. The highest BCUT2D eigenvalue weighted by atomic mass is 16.2. The molecular weight excluding hydrogens is 256 g/mol. The van der Waals surface area contributed by atoms with Crippen LogP contribution in [0.3, 0.4) is 0 Å². The number of anilines is 2. The van der Waals surface area contributed by atoms with Crippen molar-refractivity contribution in [2.45, 2.75) is 13.0 Å². The van der Waals surface area contributed by atoms with E-state index >= 15 is 0 Å². The van der Waals surface area contributed by atoms with Crippen molar-refractivity contribution in [1.82, 2.24) is 14.9 Å². The molecule has 1 aliphatic rings. The van der Waals surface area contributed by atoms with E-state index in [1.165, 1.54) is 0 Å². The van der Waals surface area contributed by atoms with E-state index in [1.807, 2.05) is 30.0 Å². The average molecular weight is 278 g/mol. The van der Waals surface area contributed by atoms with Gasteiger partial charge in [-0.3, -0.25) is 4.79 Å². The Bertz CT molecular complexity index is 468. The van der Waals surface area contributed by atoms with Crippen LogP contribution in [0.5, 0.6) is 0 Å². The molecule has 0 bridgehead atoms. The fraction of sp³-hybridized carbons (Fsp3) is 0.615. The maximum absolute atomic E-state index is 11.8. The zero-order valence-corrected chi connectivity index (χ0v) is 12.3. The zero-order valence-electron chi connectivity index (χ0n) is 12.3. The second kappa shape index (κ2) is 6.04. The molecule has 2 rings (SSSR count). The molecular formula is C13H22N6O. The minimum absolute atomic E-state index is 0.0151. The summed E-state index contributed by atoms with van der Waals surface area (Å²) in [5, 5.41) is 0. The lowest BCUT2D eigenvalue weighted by molar-refractivity contribution is -0.132. The van der Waals surface area contributed by atoms with Crippen molar-refractivity contribution in [2.75, 3.05) is 50.1 Å². The molecule has 1 fully saturated rings. The van der Waals surface area contributed by atoms with Gasteiger partial charge in [0.25, 0.3) is 0 Å². The summed E-state index contributed by atoms with van der Waals surface area (Å²) in [4.78, 5) is 26.4. The quantitative estimate of drug-likeness (QED) is 0.806. The highest BCUT2D eigenvalue weighted by Gasteiger charge is 2.23. The number of amides is 1. The molecule has 110 valence electrons. The van der Waals surface area contributed by atoms with Crippen LogP contribution >= 0.6 is 0 Å². The zero-order chi connectivity index (χ0) is 14.7. The molecule has 7 nitrogen and oxygen atoms in total. The van der Waals surface area contributed by atoms with Crippen LogP contribution in [-0.2, 0) is 4.79 Å². The Morgan fingerprint density at radius 1 is 1.35 bits per heavy atom. The van der Waals surface area contributed by atoms with Gasteiger partial charge in [-0.05, 0) is 13.0 Å². The summed E-state index contributed by atoms with van der Waals surface area (Å²) in [7, 11) is 3.83. The summed E-state index contributed by atoms with van der Waals surface area (Å²) in [5.74, 6) is 1.61. The second-order valence-electron chi connectivity index (χ2n) is 5.21. The fourth-order valence-electron chi connectivity index (χ4n) is 2.17. The first-order chi connectivity index (χ1) is 9.49. The largest absolute Gasteiger partial charge is 0.353 e. The molecule has 7 heteroatoms. The highest BCUT2D eigenvalue weighted by Crippen LogP contribution is 2.15. The Morgan fingerprint density at radius 3 is 2.55 bits per heavy atom. The van der Waals surface area contributed by atoms with Gasteiger partial charge in [-0.1, -0.05) is 0 Å². The molecule has 20 heavy (non-hydrogen) atoms. The van der Waals surface area contributed by atoms with Crippen molar-refractivity contribution in [3.8, 4) is 0 Å². The van der Waals surface area contributed by atoms with Crippen molar-refractivity contribution in [2.24, 2.45) is 5.73 Å². The van der Waals surface area contributed by atoms with Gasteiger partial charge < -0.3 is 20.4 Å². The minimum Gasteiger partial charge on any atom is -0.353 e. The molecule has 2 heterocycles. The summed E-state index contributed by atoms with van der Waals surface area (Å²) in [5.41, 5.74) is 5.63. The van der Waals surface area contributed by atoms with Gasteiger partial charge in [0, 0.05) is 46.5 Å². The van der Waals surface area contributed by atoms with E-state index in [9.17, 15) is 4.79 Å². The number of carbonyl (C=O) groups is 1. The normalized spacial score (nSPS) is 17.0. The molecule has 1 aromatic heterocycles. The van der Waals surface area contributed by atoms with Gasteiger partial charge >= 0.3 is 0 Å². The molecule has 0 spiro atoms.